The summed E-state index contributed by atoms with van der Waals surface area (Å²) in [5.74, 6) is -1.05. The van der Waals surface area contributed by atoms with E-state index in [1.165, 1.54) is 6.07 Å². The highest BCUT2D eigenvalue weighted by atomic mass is 35.5. The number of fused-ring (bicyclic) bond motifs is 2. The van der Waals surface area contributed by atoms with E-state index < -0.39 is 33.6 Å². The number of nitrogens with zero attached hydrogens (tertiary/aromatic N) is 4. The molecule has 11 nitrogen and oxygen atoms in total. The number of amides is 4. The Morgan fingerprint density at radius 1 is 1.07 bits per heavy atom. The van der Waals surface area contributed by atoms with Crippen LogP contribution in [0.4, 0.5) is 4.79 Å². The average molecular weight is 589 g/mol. The number of carbonyl (C=O) groups is 3. The van der Waals surface area contributed by atoms with Gasteiger partial charge in [0.15, 0.2) is 9.84 Å². The van der Waals surface area contributed by atoms with Gasteiger partial charge in [-0.25, -0.2) is 13.2 Å². The van der Waals surface area contributed by atoms with Crippen LogP contribution in [0.15, 0.2) is 53.2 Å². The van der Waals surface area contributed by atoms with Crippen molar-refractivity contribution in [2.75, 3.05) is 45.8 Å². The van der Waals surface area contributed by atoms with Crippen LogP contribution in [-0.2, 0) is 19.4 Å². The molecule has 0 bridgehead atoms. The van der Waals surface area contributed by atoms with Gasteiger partial charge in [0.25, 0.3) is 5.91 Å². The van der Waals surface area contributed by atoms with Gasteiger partial charge in [0.1, 0.15) is 11.7 Å². The molecule has 40 heavy (non-hydrogen) atoms. The summed E-state index contributed by atoms with van der Waals surface area (Å²) in [6.07, 6.45) is 2.99. The van der Waals surface area contributed by atoms with E-state index in [0.717, 1.165) is 5.39 Å². The summed E-state index contributed by atoms with van der Waals surface area (Å²) in [4.78, 5) is 46.4. The third-order valence-electron chi connectivity index (χ3n) is 7.56. The van der Waals surface area contributed by atoms with E-state index in [2.05, 4.69) is 10.6 Å². The predicted molar refractivity (Wildman–Crippen MR) is 151 cm³/mol. The summed E-state index contributed by atoms with van der Waals surface area (Å²) in [5.41, 5.74) is 0.689. The number of rotatable bonds is 7. The predicted octanol–water partition coefficient (Wildman–Crippen LogP) is 1.79. The molecule has 2 aromatic rings. The van der Waals surface area contributed by atoms with Crippen molar-refractivity contribution in [2.45, 2.75) is 36.7 Å². The van der Waals surface area contributed by atoms with Gasteiger partial charge in [-0.2, -0.15) is 0 Å². The largest absolute Gasteiger partial charge is 0.361 e. The Bertz CT molecular complexity index is 1470. The number of benzene rings is 2. The first kappa shape index (κ1) is 28.0. The number of hydrogen-bond acceptors (Lipinski definition) is 7. The molecule has 2 saturated heterocycles. The maximum atomic E-state index is 13.6. The zero-order valence-electron chi connectivity index (χ0n) is 22.5. The highest BCUT2D eigenvalue weighted by Crippen LogP contribution is 2.29. The Kier molecular flexibility index (Phi) is 7.83. The molecule has 3 heterocycles. The fraction of sp³-hybridized carbons (Fsp3) is 0.444. The highest BCUT2D eigenvalue weighted by molar-refractivity contribution is 7.91. The lowest BCUT2D eigenvalue weighted by atomic mass is 10.0. The summed E-state index contributed by atoms with van der Waals surface area (Å²) >= 11 is 6.05. The third kappa shape index (κ3) is 5.68. The minimum Gasteiger partial charge on any atom is -0.361 e. The van der Waals surface area contributed by atoms with E-state index in [-0.39, 0.29) is 16.8 Å². The number of urea groups is 1. The third-order valence-corrected chi connectivity index (χ3v) is 9.54. The van der Waals surface area contributed by atoms with E-state index >= 15 is 0 Å². The molecule has 5 rings (SSSR count). The number of carbonyl (C=O) groups excluding carboxylic acids is 3. The standard InChI is InChI=1S/C27H33ClN6O5S/c1-3-29-27(37)30-23(15-40(38,39)22-7-5-18-12-20(28)6-4-19(18)13-22)25(35)32-10-8-21(9-11-32)34-17-33-16-31(2)14-24(33)26(34)36/h4-7,12-14,21,23H,3,8-11,15-17H2,1-2H3,(H2,29,30,37)/t23-/m1/s1. The van der Waals surface area contributed by atoms with Gasteiger partial charge in [-0.15, -0.1) is 0 Å². The molecule has 4 amide bonds. The minimum absolute atomic E-state index is 0.00587. The van der Waals surface area contributed by atoms with E-state index in [1.54, 1.807) is 42.2 Å². The van der Waals surface area contributed by atoms with Crippen molar-refractivity contribution < 1.29 is 22.8 Å². The summed E-state index contributed by atoms with van der Waals surface area (Å²) < 4.78 is 26.9. The van der Waals surface area contributed by atoms with Crippen molar-refractivity contribution in [3.63, 3.8) is 0 Å². The van der Waals surface area contributed by atoms with Crippen LogP contribution in [-0.4, -0.2) is 104 Å². The Morgan fingerprint density at radius 2 is 1.77 bits per heavy atom. The van der Waals surface area contributed by atoms with Gasteiger partial charge in [-0.1, -0.05) is 23.7 Å². The maximum Gasteiger partial charge on any atom is 0.315 e. The number of sulfone groups is 1. The molecule has 214 valence electrons. The zero-order valence-corrected chi connectivity index (χ0v) is 24.0. The lowest BCUT2D eigenvalue weighted by molar-refractivity contribution is -0.135. The quantitative estimate of drug-likeness (QED) is 0.506. The Balaban J connectivity index is 1.28. The van der Waals surface area contributed by atoms with Gasteiger partial charge >= 0.3 is 6.03 Å². The van der Waals surface area contributed by atoms with Gasteiger partial charge in [-0.3, -0.25) is 9.59 Å². The topological polar surface area (TPSA) is 122 Å². The number of likely N-dealkylation sites (tertiary alicyclic amines) is 1. The molecular formula is C27H33ClN6O5S. The van der Waals surface area contributed by atoms with Gasteiger partial charge in [0.2, 0.25) is 5.91 Å². The van der Waals surface area contributed by atoms with Crippen molar-refractivity contribution in [3.05, 3.63) is 53.3 Å². The summed E-state index contributed by atoms with van der Waals surface area (Å²) in [7, 11) is -2.02. The van der Waals surface area contributed by atoms with Crippen molar-refractivity contribution in [2.24, 2.45) is 0 Å². The second-order valence-corrected chi connectivity index (χ2v) is 12.9. The number of halogens is 1. The monoisotopic (exact) mass is 588 g/mol. The summed E-state index contributed by atoms with van der Waals surface area (Å²) in [6, 6.07) is 7.97. The molecule has 13 heteroatoms. The van der Waals surface area contributed by atoms with Crippen LogP contribution >= 0.6 is 11.6 Å². The van der Waals surface area contributed by atoms with Crippen LogP contribution in [0.2, 0.25) is 5.02 Å². The minimum atomic E-state index is -3.94. The van der Waals surface area contributed by atoms with Crippen LogP contribution in [0.1, 0.15) is 19.8 Å². The molecule has 1 atom stereocenters. The van der Waals surface area contributed by atoms with Gasteiger partial charge in [-0.05, 0) is 54.8 Å². The summed E-state index contributed by atoms with van der Waals surface area (Å²) in [5, 5.41) is 7.18. The van der Waals surface area contributed by atoms with Crippen molar-refractivity contribution in [1.82, 2.24) is 30.2 Å². The van der Waals surface area contributed by atoms with Crippen LogP contribution in [0.5, 0.6) is 0 Å². The smallest absolute Gasteiger partial charge is 0.315 e. The molecule has 0 aliphatic carbocycles. The van der Waals surface area contributed by atoms with Crippen LogP contribution in [0.3, 0.4) is 0 Å². The molecule has 0 spiro atoms. The van der Waals surface area contributed by atoms with Crippen molar-refractivity contribution in [3.8, 4) is 0 Å². The Morgan fingerprint density at radius 3 is 2.48 bits per heavy atom. The first-order valence-corrected chi connectivity index (χ1v) is 15.3. The number of hydrogen-bond donors (Lipinski definition) is 2. The molecule has 3 aliphatic rings. The lowest BCUT2D eigenvalue weighted by Crippen LogP contribution is -2.56. The molecule has 0 radical (unpaired) electrons. The Labute approximate surface area is 238 Å². The first-order valence-electron chi connectivity index (χ1n) is 13.3. The zero-order chi connectivity index (χ0) is 28.6. The molecule has 0 unspecified atom stereocenters. The van der Waals surface area contributed by atoms with Crippen LogP contribution in [0, 0.1) is 0 Å². The molecule has 2 aromatic carbocycles. The average Bonchev–Trinajstić information content (AvgIpc) is 3.44. The number of nitrogens with one attached hydrogen (secondary N) is 2. The second-order valence-electron chi connectivity index (χ2n) is 10.4. The molecule has 3 aliphatic heterocycles. The van der Waals surface area contributed by atoms with E-state index in [9.17, 15) is 22.8 Å². The van der Waals surface area contributed by atoms with E-state index in [4.69, 9.17) is 11.6 Å². The first-order chi connectivity index (χ1) is 19.1. The second kappa shape index (κ2) is 11.2. The molecule has 0 saturated carbocycles. The van der Waals surface area contributed by atoms with Crippen LogP contribution in [0.25, 0.3) is 10.8 Å². The van der Waals surface area contributed by atoms with Gasteiger partial charge < -0.3 is 30.2 Å². The normalized spacial score (nSPS) is 18.7. The van der Waals surface area contributed by atoms with Gasteiger partial charge in [0, 0.05) is 43.9 Å². The maximum absolute atomic E-state index is 13.6. The molecule has 0 aromatic heterocycles. The lowest BCUT2D eigenvalue weighted by Gasteiger charge is -2.38. The van der Waals surface area contributed by atoms with E-state index in [0.29, 0.717) is 61.9 Å². The van der Waals surface area contributed by atoms with Crippen molar-refractivity contribution in [1.29, 1.82) is 0 Å². The SMILES string of the molecule is CCNC(=O)N[C@H](CS(=O)(=O)c1ccc2cc(Cl)ccc2c1)C(=O)N1CCC(N2CN3CN(C)C=C3C2=O)CC1. The highest BCUT2D eigenvalue weighted by Gasteiger charge is 2.42. The fourth-order valence-corrected chi connectivity index (χ4v) is 7.15. The summed E-state index contributed by atoms with van der Waals surface area (Å²) in [6.45, 7) is 3.96. The molecule has 2 N–H and O–H groups in total. The van der Waals surface area contributed by atoms with Gasteiger partial charge in [0.05, 0.1) is 24.0 Å². The molecular weight excluding hydrogens is 556 g/mol. The van der Waals surface area contributed by atoms with E-state index in [1.807, 2.05) is 27.9 Å². The van der Waals surface area contributed by atoms with Crippen LogP contribution < -0.4 is 10.6 Å². The van der Waals surface area contributed by atoms with Crippen molar-refractivity contribution >= 4 is 50.1 Å². The molecule has 2 fully saturated rings. The fourth-order valence-electron chi connectivity index (χ4n) is 5.53. The Hall–Kier alpha value is -3.51. The number of piperidine rings is 1.